The van der Waals surface area contributed by atoms with Crippen molar-refractivity contribution in [2.75, 3.05) is 6.61 Å². The molecule has 0 unspecified atom stereocenters. The molecule has 1 aliphatic rings. The number of rotatable bonds is 1. The minimum atomic E-state index is -0.633. The zero-order valence-corrected chi connectivity index (χ0v) is 9.71. The molecule has 1 aromatic carbocycles. The Balaban J connectivity index is 2.00. The van der Waals surface area contributed by atoms with Gasteiger partial charge in [-0.2, -0.15) is 0 Å². The van der Waals surface area contributed by atoms with Gasteiger partial charge in [-0.25, -0.2) is 4.98 Å². The number of halogens is 1. The second-order valence-corrected chi connectivity index (χ2v) is 4.45. The molecule has 0 amide bonds. The molecule has 0 saturated heterocycles. The van der Waals surface area contributed by atoms with Crippen LogP contribution in [0.1, 0.15) is 17.7 Å². The van der Waals surface area contributed by atoms with Gasteiger partial charge in [0.1, 0.15) is 18.5 Å². The zero-order chi connectivity index (χ0) is 11.8. The lowest BCUT2D eigenvalue weighted by molar-refractivity contribution is 0.0569. The number of aromatic nitrogens is 2. The summed E-state index contributed by atoms with van der Waals surface area (Å²) in [6.45, 7) is 0.423. The van der Waals surface area contributed by atoms with Crippen molar-refractivity contribution in [1.82, 2.24) is 9.55 Å². The summed E-state index contributed by atoms with van der Waals surface area (Å²) < 4.78 is 7.46. The summed E-state index contributed by atoms with van der Waals surface area (Å²) in [7, 11) is 0. The summed E-state index contributed by atoms with van der Waals surface area (Å²) >= 11 is 5.93. The Morgan fingerprint density at radius 3 is 3.12 bits per heavy atom. The molecule has 0 aliphatic carbocycles. The summed E-state index contributed by atoms with van der Waals surface area (Å²) in [5.74, 6) is 0.693. The fraction of sp³-hybridized carbons (Fsp3) is 0.250. The maximum absolute atomic E-state index is 10.3. The van der Waals surface area contributed by atoms with E-state index in [0.29, 0.717) is 17.4 Å². The van der Waals surface area contributed by atoms with Gasteiger partial charge in [0.2, 0.25) is 0 Å². The highest BCUT2D eigenvalue weighted by Gasteiger charge is 2.30. The number of ether oxygens (including phenoxy) is 1. The van der Waals surface area contributed by atoms with Crippen LogP contribution in [0, 0.1) is 0 Å². The van der Waals surface area contributed by atoms with Gasteiger partial charge in [0.15, 0.2) is 0 Å². The van der Waals surface area contributed by atoms with Crippen LogP contribution >= 0.6 is 11.6 Å². The number of fused-ring (bicyclic) bond motifs is 1. The van der Waals surface area contributed by atoms with Crippen LogP contribution < -0.4 is 4.74 Å². The SMILES string of the molecule is O[C@H]1c2cc(Cl)ccc2OC[C@@H]1n1ccnc1. The lowest BCUT2D eigenvalue weighted by Gasteiger charge is -2.31. The van der Waals surface area contributed by atoms with Crippen molar-refractivity contribution < 1.29 is 9.84 Å². The molecule has 1 aliphatic heterocycles. The summed E-state index contributed by atoms with van der Waals surface area (Å²) in [5.41, 5.74) is 0.724. The topological polar surface area (TPSA) is 47.3 Å². The Morgan fingerprint density at radius 1 is 1.47 bits per heavy atom. The normalized spacial score (nSPS) is 22.9. The number of aliphatic hydroxyl groups excluding tert-OH is 1. The largest absolute Gasteiger partial charge is 0.491 e. The first-order valence-corrected chi connectivity index (χ1v) is 5.71. The second-order valence-electron chi connectivity index (χ2n) is 4.02. The number of hydrogen-bond acceptors (Lipinski definition) is 3. The second kappa shape index (κ2) is 4.05. The number of nitrogens with zero attached hydrogens (tertiary/aromatic N) is 2. The monoisotopic (exact) mass is 250 g/mol. The molecule has 0 saturated carbocycles. The van der Waals surface area contributed by atoms with Crippen molar-refractivity contribution in [2.45, 2.75) is 12.1 Å². The van der Waals surface area contributed by atoms with Crippen molar-refractivity contribution >= 4 is 11.6 Å². The van der Waals surface area contributed by atoms with Crippen LogP contribution in [0.5, 0.6) is 5.75 Å². The molecule has 0 bridgehead atoms. The molecular formula is C12H11ClN2O2. The van der Waals surface area contributed by atoms with Crippen molar-refractivity contribution in [3.63, 3.8) is 0 Å². The third kappa shape index (κ3) is 1.79. The van der Waals surface area contributed by atoms with Crippen LogP contribution in [-0.4, -0.2) is 21.3 Å². The van der Waals surface area contributed by atoms with Gasteiger partial charge < -0.3 is 14.4 Å². The lowest BCUT2D eigenvalue weighted by atomic mass is 9.99. The predicted octanol–water partition coefficient (Wildman–Crippen LogP) is 2.20. The summed E-state index contributed by atoms with van der Waals surface area (Å²) in [6, 6.07) is 5.11. The third-order valence-electron chi connectivity index (χ3n) is 2.97. The quantitative estimate of drug-likeness (QED) is 0.844. The molecular weight excluding hydrogens is 240 g/mol. The van der Waals surface area contributed by atoms with Gasteiger partial charge in [-0.15, -0.1) is 0 Å². The van der Waals surface area contributed by atoms with E-state index in [-0.39, 0.29) is 6.04 Å². The van der Waals surface area contributed by atoms with E-state index in [1.807, 2.05) is 10.8 Å². The van der Waals surface area contributed by atoms with E-state index in [1.165, 1.54) is 0 Å². The zero-order valence-electron chi connectivity index (χ0n) is 8.95. The molecule has 2 heterocycles. The standard InChI is InChI=1S/C12H11ClN2O2/c13-8-1-2-11-9(5-8)12(16)10(6-17-11)15-4-3-14-7-15/h1-5,7,10,12,16H,6H2/t10-,12-/m0/s1. The fourth-order valence-corrected chi connectivity index (χ4v) is 2.25. The minimum absolute atomic E-state index is 0.163. The molecule has 5 heteroatoms. The van der Waals surface area contributed by atoms with Crippen LogP contribution in [-0.2, 0) is 0 Å². The van der Waals surface area contributed by atoms with Crippen molar-refractivity contribution in [1.29, 1.82) is 0 Å². The Hall–Kier alpha value is -1.52. The molecule has 1 N–H and O–H groups in total. The molecule has 0 spiro atoms. The molecule has 0 fully saturated rings. The van der Waals surface area contributed by atoms with E-state index in [2.05, 4.69) is 4.98 Å². The highest BCUT2D eigenvalue weighted by molar-refractivity contribution is 6.30. The molecule has 4 nitrogen and oxygen atoms in total. The first-order valence-electron chi connectivity index (χ1n) is 5.33. The van der Waals surface area contributed by atoms with Crippen LogP contribution in [0.25, 0.3) is 0 Å². The number of benzene rings is 1. The molecule has 3 rings (SSSR count). The molecule has 1 aromatic heterocycles. The molecule has 2 atom stereocenters. The maximum atomic E-state index is 10.3. The van der Waals surface area contributed by atoms with E-state index in [1.54, 1.807) is 30.7 Å². The van der Waals surface area contributed by atoms with Crippen molar-refractivity contribution in [2.24, 2.45) is 0 Å². The van der Waals surface area contributed by atoms with E-state index >= 15 is 0 Å². The van der Waals surface area contributed by atoms with E-state index < -0.39 is 6.10 Å². The van der Waals surface area contributed by atoms with Gasteiger partial charge in [0.05, 0.1) is 12.4 Å². The highest BCUT2D eigenvalue weighted by Crippen LogP contribution is 2.38. The minimum Gasteiger partial charge on any atom is -0.491 e. The highest BCUT2D eigenvalue weighted by atomic mass is 35.5. The Bertz CT molecular complexity index is 527. The summed E-state index contributed by atoms with van der Waals surface area (Å²) in [6.07, 6.45) is 4.53. The molecule has 88 valence electrons. The van der Waals surface area contributed by atoms with Crippen molar-refractivity contribution in [3.05, 3.63) is 47.5 Å². The van der Waals surface area contributed by atoms with Crippen LogP contribution in [0.4, 0.5) is 0 Å². The fourth-order valence-electron chi connectivity index (χ4n) is 2.07. The lowest BCUT2D eigenvalue weighted by Crippen LogP contribution is -2.28. The smallest absolute Gasteiger partial charge is 0.125 e. The third-order valence-corrected chi connectivity index (χ3v) is 3.21. The van der Waals surface area contributed by atoms with Crippen molar-refractivity contribution in [3.8, 4) is 5.75 Å². The van der Waals surface area contributed by atoms with Gasteiger partial charge in [-0.3, -0.25) is 0 Å². The van der Waals surface area contributed by atoms with Crippen LogP contribution in [0.15, 0.2) is 36.9 Å². The average molecular weight is 251 g/mol. The Morgan fingerprint density at radius 2 is 2.35 bits per heavy atom. The number of imidazole rings is 1. The average Bonchev–Trinajstić information content (AvgIpc) is 2.84. The van der Waals surface area contributed by atoms with Crippen LogP contribution in [0.2, 0.25) is 5.02 Å². The maximum Gasteiger partial charge on any atom is 0.125 e. The first kappa shape index (κ1) is 10.6. The Labute approximate surface area is 103 Å². The van der Waals surface area contributed by atoms with Gasteiger partial charge in [-0.05, 0) is 18.2 Å². The number of hydrogen-bond donors (Lipinski definition) is 1. The van der Waals surface area contributed by atoms with Gasteiger partial charge in [0.25, 0.3) is 0 Å². The molecule has 0 radical (unpaired) electrons. The predicted molar refractivity (Wildman–Crippen MR) is 63.2 cm³/mol. The number of aliphatic hydroxyl groups is 1. The van der Waals surface area contributed by atoms with Gasteiger partial charge in [0, 0.05) is 23.0 Å². The first-order chi connectivity index (χ1) is 8.25. The molecule has 2 aromatic rings. The summed E-state index contributed by atoms with van der Waals surface area (Å²) in [4.78, 5) is 3.98. The van der Waals surface area contributed by atoms with Gasteiger partial charge in [-0.1, -0.05) is 11.6 Å². The van der Waals surface area contributed by atoms with Gasteiger partial charge >= 0.3 is 0 Å². The molecule has 17 heavy (non-hydrogen) atoms. The van der Waals surface area contributed by atoms with E-state index in [9.17, 15) is 5.11 Å². The van der Waals surface area contributed by atoms with E-state index in [4.69, 9.17) is 16.3 Å². The van der Waals surface area contributed by atoms with Crippen LogP contribution in [0.3, 0.4) is 0 Å². The Kier molecular flexibility index (Phi) is 2.53. The summed E-state index contributed by atoms with van der Waals surface area (Å²) in [5, 5.41) is 10.9. The van der Waals surface area contributed by atoms with E-state index in [0.717, 1.165) is 5.56 Å².